The minimum atomic E-state index is -2.42. The van der Waals surface area contributed by atoms with E-state index in [1.807, 2.05) is 6.92 Å². The molecule has 0 amide bonds. The number of nitrogens with zero attached hydrogens (tertiary/aromatic N) is 1. The normalized spacial score (nSPS) is 12.4. The maximum atomic E-state index is 12.3. The number of nitrogens with one attached hydrogen (secondary N) is 1. The van der Waals surface area contributed by atoms with Crippen molar-refractivity contribution in [3.63, 3.8) is 0 Å². The van der Waals surface area contributed by atoms with E-state index in [9.17, 15) is 8.78 Å². The minimum Gasteiger partial charge on any atom is -0.311 e. The van der Waals surface area contributed by atoms with Crippen LogP contribution in [0, 0.1) is 17.2 Å². The molecule has 0 radical (unpaired) electrons. The van der Waals surface area contributed by atoms with Crippen LogP contribution in [0.4, 0.5) is 8.78 Å². The lowest BCUT2D eigenvalue weighted by molar-refractivity contribution is 0.151. The summed E-state index contributed by atoms with van der Waals surface area (Å²) in [5, 5.41) is 11.6. The molecule has 1 aromatic rings. The van der Waals surface area contributed by atoms with Gasteiger partial charge in [-0.3, -0.25) is 0 Å². The monoisotopic (exact) mass is 224 g/mol. The van der Waals surface area contributed by atoms with Crippen LogP contribution in [0.3, 0.4) is 0 Å². The van der Waals surface area contributed by atoms with Crippen molar-refractivity contribution in [1.82, 2.24) is 5.32 Å². The topological polar surface area (TPSA) is 35.8 Å². The van der Waals surface area contributed by atoms with Crippen molar-refractivity contribution in [2.75, 3.05) is 6.54 Å². The van der Waals surface area contributed by atoms with Gasteiger partial charge in [0.25, 0.3) is 6.43 Å². The minimum absolute atomic E-state index is 0.0362. The Kier molecular flexibility index (Phi) is 4.87. The molecule has 2 nitrogen and oxygen atoms in total. The van der Waals surface area contributed by atoms with Gasteiger partial charge in [-0.05, 0) is 12.5 Å². The van der Waals surface area contributed by atoms with Crippen LogP contribution in [0.1, 0.15) is 24.5 Å². The van der Waals surface area contributed by atoms with E-state index in [-0.39, 0.29) is 11.5 Å². The first-order valence-electron chi connectivity index (χ1n) is 5.11. The fourth-order valence-electron chi connectivity index (χ4n) is 1.26. The predicted molar refractivity (Wildman–Crippen MR) is 57.9 cm³/mol. The third-order valence-electron chi connectivity index (χ3n) is 2.23. The second-order valence-corrected chi connectivity index (χ2v) is 3.70. The molecule has 0 spiro atoms. The van der Waals surface area contributed by atoms with Gasteiger partial charge in [0.1, 0.15) is 0 Å². The van der Waals surface area contributed by atoms with Crippen molar-refractivity contribution in [3.05, 3.63) is 35.4 Å². The van der Waals surface area contributed by atoms with E-state index in [0.29, 0.717) is 13.1 Å². The number of hydrogen-bond acceptors (Lipinski definition) is 2. The largest absolute Gasteiger partial charge is 0.311 e. The highest BCUT2D eigenvalue weighted by atomic mass is 19.3. The third kappa shape index (κ3) is 3.95. The Morgan fingerprint density at radius 1 is 1.31 bits per heavy atom. The first-order valence-corrected chi connectivity index (χ1v) is 5.11. The van der Waals surface area contributed by atoms with Crippen molar-refractivity contribution in [2.45, 2.75) is 19.9 Å². The van der Waals surface area contributed by atoms with Crippen LogP contribution in [0.2, 0.25) is 0 Å². The molecule has 1 aromatic carbocycles. The van der Waals surface area contributed by atoms with E-state index in [2.05, 4.69) is 11.4 Å². The molecule has 0 fully saturated rings. The van der Waals surface area contributed by atoms with Crippen LogP contribution < -0.4 is 5.32 Å². The molecule has 0 saturated carbocycles. The van der Waals surface area contributed by atoms with Crippen molar-refractivity contribution in [2.24, 2.45) is 5.92 Å². The average Bonchev–Trinajstić information content (AvgIpc) is 2.29. The summed E-state index contributed by atoms with van der Waals surface area (Å²) in [5.41, 5.74) is 0.976. The van der Waals surface area contributed by atoms with E-state index in [1.165, 1.54) is 12.1 Å². The molecule has 1 atom stereocenters. The van der Waals surface area contributed by atoms with Crippen molar-refractivity contribution >= 4 is 0 Å². The molecular weight excluding hydrogens is 210 g/mol. The number of benzene rings is 1. The summed E-state index contributed by atoms with van der Waals surface area (Å²) in [6, 6.07) is 8.31. The molecule has 1 unspecified atom stereocenters. The Morgan fingerprint density at radius 3 is 2.44 bits per heavy atom. The summed E-state index contributed by atoms with van der Waals surface area (Å²) >= 11 is 0. The van der Waals surface area contributed by atoms with Crippen LogP contribution in [0.25, 0.3) is 0 Å². The maximum absolute atomic E-state index is 12.3. The van der Waals surface area contributed by atoms with Crippen LogP contribution >= 0.6 is 0 Å². The van der Waals surface area contributed by atoms with Crippen LogP contribution in [-0.4, -0.2) is 6.54 Å². The Hall–Kier alpha value is -1.47. The molecule has 0 aromatic heterocycles. The fraction of sp³-hybridized carbons (Fsp3) is 0.417. The van der Waals surface area contributed by atoms with Gasteiger partial charge in [0, 0.05) is 18.7 Å². The summed E-state index contributed by atoms with van der Waals surface area (Å²) in [7, 11) is 0. The van der Waals surface area contributed by atoms with E-state index in [0.717, 1.165) is 5.56 Å². The summed E-state index contributed by atoms with van der Waals surface area (Å²) < 4.78 is 24.5. The molecule has 0 aliphatic carbocycles. The first-order chi connectivity index (χ1) is 7.63. The highest BCUT2D eigenvalue weighted by Gasteiger charge is 2.05. The zero-order chi connectivity index (χ0) is 12.0. The lowest BCUT2D eigenvalue weighted by atomic mass is 10.1. The van der Waals surface area contributed by atoms with Gasteiger partial charge in [-0.2, -0.15) is 5.26 Å². The van der Waals surface area contributed by atoms with Crippen LogP contribution in [-0.2, 0) is 6.54 Å². The molecule has 0 saturated heterocycles. The van der Waals surface area contributed by atoms with Crippen molar-refractivity contribution in [3.8, 4) is 6.07 Å². The second-order valence-electron chi connectivity index (χ2n) is 3.70. The van der Waals surface area contributed by atoms with Gasteiger partial charge in [0.15, 0.2) is 0 Å². The average molecular weight is 224 g/mol. The Morgan fingerprint density at radius 2 is 1.94 bits per heavy atom. The summed E-state index contributed by atoms with van der Waals surface area (Å²) in [6.07, 6.45) is -2.42. The van der Waals surface area contributed by atoms with Gasteiger partial charge in [0.2, 0.25) is 0 Å². The highest BCUT2D eigenvalue weighted by Crippen LogP contribution is 2.18. The van der Waals surface area contributed by atoms with Crippen LogP contribution in [0.15, 0.2) is 24.3 Å². The van der Waals surface area contributed by atoms with Gasteiger partial charge in [-0.15, -0.1) is 0 Å². The smallest absolute Gasteiger partial charge is 0.263 e. The van der Waals surface area contributed by atoms with Gasteiger partial charge >= 0.3 is 0 Å². The van der Waals surface area contributed by atoms with Crippen LogP contribution in [0.5, 0.6) is 0 Å². The molecule has 86 valence electrons. The first kappa shape index (κ1) is 12.6. The zero-order valence-corrected chi connectivity index (χ0v) is 9.08. The van der Waals surface area contributed by atoms with Crippen molar-refractivity contribution < 1.29 is 8.78 Å². The Bertz CT molecular complexity index is 354. The quantitative estimate of drug-likeness (QED) is 0.834. The molecule has 16 heavy (non-hydrogen) atoms. The second kappa shape index (κ2) is 6.19. The zero-order valence-electron chi connectivity index (χ0n) is 9.08. The SMILES string of the molecule is CC(C#N)CNCc1ccc(C(F)F)cc1. The van der Waals surface area contributed by atoms with Gasteiger partial charge in [-0.25, -0.2) is 8.78 Å². The Balaban J connectivity index is 2.41. The summed E-state index contributed by atoms with van der Waals surface area (Å²) in [4.78, 5) is 0. The fourth-order valence-corrected chi connectivity index (χ4v) is 1.26. The van der Waals surface area contributed by atoms with Gasteiger partial charge < -0.3 is 5.32 Å². The number of nitriles is 1. The number of halogens is 2. The van der Waals surface area contributed by atoms with Crippen molar-refractivity contribution in [1.29, 1.82) is 5.26 Å². The van der Waals surface area contributed by atoms with Gasteiger partial charge in [0.05, 0.1) is 12.0 Å². The third-order valence-corrected chi connectivity index (χ3v) is 2.23. The summed E-state index contributed by atoms with van der Waals surface area (Å²) in [6.45, 7) is 3.02. The predicted octanol–water partition coefficient (Wildman–Crippen LogP) is 2.87. The molecule has 0 aliphatic rings. The number of alkyl halides is 2. The molecule has 0 heterocycles. The van der Waals surface area contributed by atoms with E-state index in [1.54, 1.807) is 12.1 Å². The van der Waals surface area contributed by atoms with Gasteiger partial charge in [-0.1, -0.05) is 24.3 Å². The molecular formula is C12H14F2N2. The number of rotatable bonds is 5. The Labute approximate surface area is 93.9 Å². The van der Waals surface area contributed by atoms with E-state index < -0.39 is 6.43 Å². The molecule has 4 heteroatoms. The number of hydrogen-bond donors (Lipinski definition) is 1. The lowest BCUT2D eigenvalue weighted by Crippen LogP contribution is -2.19. The lowest BCUT2D eigenvalue weighted by Gasteiger charge is -2.06. The maximum Gasteiger partial charge on any atom is 0.263 e. The highest BCUT2D eigenvalue weighted by molar-refractivity contribution is 5.23. The standard InChI is InChI=1S/C12H14F2N2/c1-9(6-15)7-16-8-10-2-4-11(5-3-10)12(13)14/h2-5,9,12,16H,7-8H2,1H3. The molecule has 0 aliphatic heterocycles. The molecule has 0 bridgehead atoms. The van der Waals surface area contributed by atoms with E-state index in [4.69, 9.17) is 5.26 Å². The summed E-state index contributed by atoms with van der Waals surface area (Å²) in [5.74, 6) is -0.0414. The molecule has 1 rings (SSSR count). The molecule has 1 N–H and O–H groups in total. The van der Waals surface area contributed by atoms with E-state index >= 15 is 0 Å².